The Morgan fingerprint density at radius 3 is 2.46 bits per heavy atom. The van der Waals surface area contributed by atoms with E-state index in [9.17, 15) is 24.0 Å². The Labute approximate surface area is 162 Å². The van der Waals surface area contributed by atoms with Crippen molar-refractivity contribution in [3.8, 4) is 0 Å². The molecule has 1 aliphatic carbocycles. The van der Waals surface area contributed by atoms with Gasteiger partial charge >= 0.3 is 18.0 Å². The van der Waals surface area contributed by atoms with E-state index in [-0.39, 0.29) is 13.2 Å². The molecule has 0 aromatic carbocycles. The summed E-state index contributed by atoms with van der Waals surface area (Å²) in [5, 5.41) is 4.35. The van der Waals surface area contributed by atoms with Gasteiger partial charge in [0.15, 0.2) is 6.61 Å². The van der Waals surface area contributed by atoms with E-state index in [1.54, 1.807) is 7.05 Å². The van der Waals surface area contributed by atoms with Crippen LogP contribution in [0.5, 0.6) is 0 Å². The summed E-state index contributed by atoms with van der Waals surface area (Å²) in [6.07, 6.45) is 3.83. The second-order valence-electron chi connectivity index (χ2n) is 6.78. The van der Waals surface area contributed by atoms with Gasteiger partial charge in [-0.1, -0.05) is 19.3 Å². The summed E-state index contributed by atoms with van der Waals surface area (Å²) in [4.78, 5) is 62.4. The molecule has 0 aromatic heterocycles. The molecule has 2 fully saturated rings. The number of nitrogens with zero attached hydrogens (tertiary/aromatic N) is 2. The molecule has 28 heavy (non-hydrogen) atoms. The molecule has 156 valence electrons. The Morgan fingerprint density at radius 2 is 1.82 bits per heavy atom. The van der Waals surface area contributed by atoms with E-state index in [1.165, 1.54) is 12.0 Å². The number of rotatable bonds is 7. The molecule has 2 rings (SSSR count). The predicted molar refractivity (Wildman–Crippen MR) is 95.1 cm³/mol. The molecule has 0 bridgehead atoms. The van der Waals surface area contributed by atoms with Crippen LogP contribution in [0.15, 0.2) is 0 Å². The maximum atomic E-state index is 12.8. The molecule has 0 atom stereocenters. The van der Waals surface area contributed by atoms with Gasteiger partial charge < -0.3 is 19.7 Å². The fourth-order valence-corrected chi connectivity index (χ4v) is 3.47. The van der Waals surface area contributed by atoms with Crippen molar-refractivity contribution in [3.63, 3.8) is 0 Å². The van der Waals surface area contributed by atoms with Crippen LogP contribution >= 0.6 is 0 Å². The lowest BCUT2D eigenvalue weighted by atomic mass is 9.81. The number of amides is 6. The van der Waals surface area contributed by atoms with Crippen LogP contribution in [0, 0.1) is 0 Å². The van der Waals surface area contributed by atoms with Gasteiger partial charge in [0, 0.05) is 20.7 Å². The Hall–Kier alpha value is -2.69. The van der Waals surface area contributed by atoms with E-state index in [2.05, 4.69) is 5.32 Å². The molecule has 0 unspecified atom stereocenters. The molecular formula is C17H26N4O7. The zero-order valence-corrected chi connectivity index (χ0v) is 16.1. The second kappa shape index (κ2) is 9.49. The molecule has 11 nitrogen and oxygen atoms in total. The summed E-state index contributed by atoms with van der Waals surface area (Å²) in [5.41, 5.74) is -0.882. The van der Waals surface area contributed by atoms with Gasteiger partial charge in [-0.25, -0.2) is 9.59 Å². The molecule has 0 aromatic rings. The smallest absolute Gasteiger partial charge is 0.327 e. The Balaban J connectivity index is 1.81. The third kappa shape index (κ3) is 4.77. The highest BCUT2D eigenvalue weighted by Gasteiger charge is 2.55. The molecule has 0 radical (unpaired) electrons. The number of imide groups is 2. The lowest BCUT2D eigenvalue weighted by molar-refractivity contribution is -0.151. The first-order valence-electron chi connectivity index (χ1n) is 9.14. The number of carbonyl (C=O) groups excluding carboxylic acids is 5. The van der Waals surface area contributed by atoms with Crippen molar-refractivity contribution in [3.05, 3.63) is 0 Å². The van der Waals surface area contributed by atoms with Gasteiger partial charge in [0.1, 0.15) is 12.1 Å². The number of carbonyl (C=O) groups is 5. The number of hydrogen-bond acceptors (Lipinski definition) is 7. The topological polar surface area (TPSA) is 134 Å². The minimum absolute atomic E-state index is 0.212. The molecule has 6 amide bonds. The number of ether oxygens (including phenoxy) is 2. The van der Waals surface area contributed by atoms with Crippen LogP contribution in [0.4, 0.5) is 9.59 Å². The number of likely N-dealkylation sites (N-methyl/N-ethyl adjacent to an activating group) is 1. The zero-order valence-electron chi connectivity index (χ0n) is 16.1. The zero-order chi connectivity index (χ0) is 20.7. The molecule has 1 saturated carbocycles. The van der Waals surface area contributed by atoms with E-state index in [1.807, 2.05) is 5.32 Å². The maximum absolute atomic E-state index is 12.8. The number of esters is 1. The summed E-state index contributed by atoms with van der Waals surface area (Å²) in [5.74, 6) is -2.14. The third-order valence-corrected chi connectivity index (χ3v) is 4.98. The van der Waals surface area contributed by atoms with Crippen molar-refractivity contribution in [1.82, 2.24) is 20.4 Å². The first-order chi connectivity index (χ1) is 13.3. The van der Waals surface area contributed by atoms with Gasteiger partial charge in [-0.2, -0.15) is 0 Å². The first kappa shape index (κ1) is 21.6. The normalized spacial score (nSPS) is 18.4. The number of methoxy groups -OCH3 is 1. The van der Waals surface area contributed by atoms with Gasteiger partial charge in [0.05, 0.1) is 6.61 Å². The summed E-state index contributed by atoms with van der Waals surface area (Å²) in [6.45, 7) is -0.779. The molecule has 2 aliphatic rings. The van der Waals surface area contributed by atoms with Crippen molar-refractivity contribution in [2.45, 2.75) is 37.6 Å². The molecular weight excluding hydrogens is 372 g/mol. The Kier molecular flexibility index (Phi) is 7.32. The highest BCUT2D eigenvalue weighted by atomic mass is 16.5. The number of urea groups is 2. The van der Waals surface area contributed by atoms with Crippen molar-refractivity contribution in [2.24, 2.45) is 0 Å². The van der Waals surface area contributed by atoms with E-state index >= 15 is 0 Å². The fraction of sp³-hybridized carbons (Fsp3) is 0.706. The molecule has 2 N–H and O–H groups in total. The summed E-state index contributed by atoms with van der Waals surface area (Å²) in [7, 11) is 3.03. The van der Waals surface area contributed by atoms with Crippen molar-refractivity contribution in [1.29, 1.82) is 0 Å². The van der Waals surface area contributed by atoms with Crippen LogP contribution in [0.3, 0.4) is 0 Å². The van der Waals surface area contributed by atoms with Gasteiger partial charge in [-0.3, -0.25) is 24.6 Å². The van der Waals surface area contributed by atoms with Crippen LogP contribution in [-0.2, 0) is 23.9 Å². The number of nitrogens with one attached hydrogen (secondary N) is 2. The van der Waals surface area contributed by atoms with E-state index in [4.69, 9.17) is 9.47 Å². The average molecular weight is 398 g/mol. The van der Waals surface area contributed by atoms with E-state index in [0.717, 1.165) is 24.2 Å². The standard InChI is InChI=1S/C17H26N4O7/c1-20-16(26)21(14(24)17(20)6-4-3-5-7-17)10-13(23)28-11-12(22)19-15(25)18-8-9-27-2/h3-11H2,1-2H3,(H2,18,19,22,25). The van der Waals surface area contributed by atoms with Crippen LogP contribution < -0.4 is 10.6 Å². The first-order valence-corrected chi connectivity index (χ1v) is 9.14. The molecule has 1 saturated heterocycles. The minimum atomic E-state index is -0.905. The van der Waals surface area contributed by atoms with E-state index in [0.29, 0.717) is 12.8 Å². The molecule has 1 heterocycles. The lowest BCUT2D eigenvalue weighted by Crippen LogP contribution is -2.49. The van der Waals surface area contributed by atoms with Crippen LogP contribution in [0.2, 0.25) is 0 Å². The monoisotopic (exact) mass is 398 g/mol. The lowest BCUT2D eigenvalue weighted by Gasteiger charge is -2.35. The largest absolute Gasteiger partial charge is 0.454 e. The molecule has 1 aliphatic heterocycles. The maximum Gasteiger partial charge on any atom is 0.327 e. The highest BCUT2D eigenvalue weighted by Crippen LogP contribution is 2.39. The Bertz CT molecular complexity index is 645. The fourth-order valence-electron chi connectivity index (χ4n) is 3.47. The minimum Gasteiger partial charge on any atom is -0.454 e. The number of hydrogen-bond donors (Lipinski definition) is 2. The Morgan fingerprint density at radius 1 is 1.14 bits per heavy atom. The third-order valence-electron chi connectivity index (χ3n) is 4.98. The second-order valence-corrected chi connectivity index (χ2v) is 6.78. The summed E-state index contributed by atoms with van der Waals surface area (Å²) < 4.78 is 9.53. The van der Waals surface area contributed by atoms with Crippen molar-refractivity contribution < 1.29 is 33.4 Å². The van der Waals surface area contributed by atoms with Gasteiger partial charge in [-0.05, 0) is 12.8 Å². The van der Waals surface area contributed by atoms with Gasteiger partial charge in [0.25, 0.3) is 11.8 Å². The van der Waals surface area contributed by atoms with Crippen LogP contribution in [0.1, 0.15) is 32.1 Å². The van der Waals surface area contributed by atoms with Crippen molar-refractivity contribution in [2.75, 3.05) is 40.5 Å². The van der Waals surface area contributed by atoms with Crippen LogP contribution in [0.25, 0.3) is 0 Å². The summed E-state index contributed by atoms with van der Waals surface area (Å²) >= 11 is 0. The molecule has 11 heteroatoms. The quantitative estimate of drug-likeness (QED) is 0.338. The average Bonchev–Trinajstić information content (AvgIpc) is 2.83. The summed E-state index contributed by atoms with van der Waals surface area (Å²) in [6, 6.07) is -1.30. The van der Waals surface area contributed by atoms with Crippen molar-refractivity contribution >= 4 is 29.8 Å². The van der Waals surface area contributed by atoms with Gasteiger partial charge in [-0.15, -0.1) is 0 Å². The van der Waals surface area contributed by atoms with Gasteiger partial charge in [0.2, 0.25) is 0 Å². The van der Waals surface area contributed by atoms with E-state index < -0.39 is 48.5 Å². The van der Waals surface area contributed by atoms with Crippen LogP contribution in [-0.4, -0.2) is 85.6 Å². The predicted octanol–water partition coefficient (Wildman–Crippen LogP) is -0.401. The molecule has 1 spiro atoms. The highest BCUT2D eigenvalue weighted by molar-refractivity contribution is 6.08. The SMILES string of the molecule is COCCNC(=O)NC(=O)COC(=O)CN1C(=O)N(C)C2(CCCCC2)C1=O.